The van der Waals surface area contributed by atoms with Gasteiger partial charge in [-0.1, -0.05) is 6.07 Å². The minimum absolute atomic E-state index is 0.384. The average Bonchev–Trinajstić information content (AvgIpc) is 2.20. The summed E-state index contributed by atoms with van der Waals surface area (Å²) in [7, 11) is 1.34. The molecule has 0 aromatic heterocycles. The summed E-state index contributed by atoms with van der Waals surface area (Å²) < 4.78 is 4.58. The molecule has 1 aromatic rings. The van der Waals surface area contributed by atoms with Gasteiger partial charge in [0.1, 0.15) is 0 Å². The number of rotatable bonds is 2. The van der Waals surface area contributed by atoms with Crippen molar-refractivity contribution in [3.8, 4) is 0 Å². The Balaban J connectivity index is 3.18. The van der Waals surface area contributed by atoms with Crippen LogP contribution in [0.4, 0.5) is 5.69 Å². The minimum atomic E-state index is -0.384. The molecular formula is C10H9NO2S. The van der Waals surface area contributed by atoms with Gasteiger partial charge in [0, 0.05) is 0 Å². The number of aryl methyl sites for hydroxylation is 1. The maximum Gasteiger partial charge on any atom is 0.337 e. The lowest BCUT2D eigenvalue weighted by atomic mass is 10.1. The van der Waals surface area contributed by atoms with E-state index in [0.29, 0.717) is 11.3 Å². The van der Waals surface area contributed by atoms with Gasteiger partial charge in [-0.15, -0.1) is 0 Å². The zero-order valence-corrected chi connectivity index (χ0v) is 8.72. The Kier molecular flexibility index (Phi) is 3.51. The van der Waals surface area contributed by atoms with Crippen molar-refractivity contribution in [1.29, 1.82) is 0 Å². The van der Waals surface area contributed by atoms with E-state index in [9.17, 15) is 4.79 Å². The van der Waals surface area contributed by atoms with E-state index in [1.165, 1.54) is 7.11 Å². The molecule has 0 aliphatic heterocycles. The van der Waals surface area contributed by atoms with Crippen LogP contribution in [0.1, 0.15) is 15.9 Å². The first-order valence-electron chi connectivity index (χ1n) is 3.96. The zero-order valence-electron chi connectivity index (χ0n) is 7.90. The predicted octanol–water partition coefficient (Wildman–Crippen LogP) is 2.52. The highest BCUT2D eigenvalue weighted by Crippen LogP contribution is 2.19. The van der Waals surface area contributed by atoms with Gasteiger partial charge < -0.3 is 4.74 Å². The second kappa shape index (κ2) is 4.65. The number of methoxy groups -OCH3 is 1. The Bertz CT molecular complexity index is 409. The lowest BCUT2D eigenvalue weighted by Crippen LogP contribution is -2.00. The fraction of sp³-hybridized carbons (Fsp3) is 0.200. The number of thiocarbonyl (C=S) groups is 1. The molecule has 1 rings (SSSR count). The van der Waals surface area contributed by atoms with Crippen LogP contribution in [-0.4, -0.2) is 18.2 Å². The van der Waals surface area contributed by atoms with Crippen molar-refractivity contribution in [3.63, 3.8) is 0 Å². The Hall–Kier alpha value is -1.51. The molecule has 4 heteroatoms. The smallest absolute Gasteiger partial charge is 0.337 e. The van der Waals surface area contributed by atoms with Gasteiger partial charge in [-0.2, -0.15) is 4.99 Å². The van der Waals surface area contributed by atoms with E-state index in [0.717, 1.165) is 5.56 Å². The van der Waals surface area contributed by atoms with E-state index >= 15 is 0 Å². The highest BCUT2D eigenvalue weighted by Gasteiger charge is 2.06. The summed E-state index contributed by atoms with van der Waals surface area (Å²) in [4.78, 5) is 15.0. The van der Waals surface area contributed by atoms with Crippen LogP contribution in [0.15, 0.2) is 23.2 Å². The molecule has 72 valence electrons. The average molecular weight is 207 g/mol. The SMILES string of the molecule is COC(=O)c1ccc(C)c(N=C=S)c1. The number of hydrogen-bond donors (Lipinski definition) is 0. The van der Waals surface area contributed by atoms with Crippen LogP contribution in [0, 0.1) is 6.92 Å². The van der Waals surface area contributed by atoms with Crippen molar-refractivity contribution in [2.75, 3.05) is 7.11 Å². The molecular weight excluding hydrogens is 198 g/mol. The summed E-state index contributed by atoms with van der Waals surface area (Å²) >= 11 is 4.50. The third-order valence-electron chi connectivity index (χ3n) is 1.80. The van der Waals surface area contributed by atoms with Crippen LogP contribution in [0.5, 0.6) is 0 Å². The van der Waals surface area contributed by atoms with Crippen molar-refractivity contribution in [2.24, 2.45) is 4.99 Å². The van der Waals surface area contributed by atoms with Gasteiger partial charge in [-0.25, -0.2) is 4.79 Å². The maximum atomic E-state index is 11.2. The van der Waals surface area contributed by atoms with Gasteiger partial charge in [-0.3, -0.25) is 0 Å². The molecule has 0 bridgehead atoms. The second-order valence-electron chi connectivity index (χ2n) is 2.70. The number of isothiocyanates is 1. The Morgan fingerprint density at radius 3 is 2.86 bits per heavy atom. The van der Waals surface area contributed by atoms with E-state index in [2.05, 4.69) is 27.1 Å². The van der Waals surface area contributed by atoms with Crippen molar-refractivity contribution in [3.05, 3.63) is 29.3 Å². The summed E-state index contributed by atoms with van der Waals surface area (Å²) in [6.07, 6.45) is 0. The fourth-order valence-corrected chi connectivity index (χ4v) is 1.12. The first-order chi connectivity index (χ1) is 6.69. The van der Waals surface area contributed by atoms with E-state index < -0.39 is 0 Å². The van der Waals surface area contributed by atoms with Crippen molar-refractivity contribution < 1.29 is 9.53 Å². The Morgan fingerprint density at radius 1 is 1.57 bits per heavy atom. The van der Waals surface area contributed by atoms with Gasteiger partial charge in [-0.05, 0) is 36.8 Å². The van der Waals surface area contributed by atoms with Crippen LogP contribution in [0.2, 0.25) is 0 Å². The fourth-order valence-electron chi connectivity index (χ4n) is 1.02. The summed E-state index contributed by atoms with van der Waals surface area (Å²) in [6, 6.07) is 5.10. The van der Waals surface area contributed by atoms with Gasteiger partial charge >= 0.3 is 5.97 Å². The lowest BCUT2D eigenvalue weighted by molar-refractivity contribution is 0.0601. The Morgan fingerprint density at radius 2 is 2.29 bits per heavy atom. The molecule has 0 atom stereocenters. The molecule has 0 saturated carbocycles. The number of ether oxygens (including phenoxy) is 1. The second-order valence-corrected chi connectivity index (χ2v) is 2.88. The molecule has 0 unspecified atom stereocenters. The van der Waals surface area contributed by atoms with Gasteiger partial charge in [0.05, 0.1) is 23.5 Å². The number of benzene rings is 1. The van der Waals surface area contributed by atoms with E-state index in [1.54, 1.807) is 18.2 Å². The predicted molar refractivity (Wildman–Crippen MR) is 57.2 cm³/mol. The molecule has 1 aromatic carbocycles. The number of hydrogen-bond acceptors (Lipinski definition) is 4. The molecule has 0 radical (unpaired) electrons. The standard InChI is InChI=1S/C10H9NO2S/c1-7-3-4-8(10(12)13-2)5-9(7)11-6-14/h3-5H,1-2H3. The first kappa shape index (κ1) is 10.6. The molecule has 0 aliphatic carbocycles. The summed E-state index contributed by atoms with van der Waals surface area (Å²) in [5, 5.41) is 2.27. The third-order valence-corrected chi connectivity index (χ3v) is 1.89. The van der Waals surface area contributed by atoms with Gasteiger partial charge in [0.2, 0.25) is 0 Å². The maximum absolute atomic E-state index is 11.2. The zero-order chi connectivity index (χ0) is 10.6. The van der Waals surface area contributed by atoms with Crippen LogP contribution in [0.25, 0.3) is 0 Å². The number of esters is 1. The summed E-state index contributed by atoms with van der Waals surface area (Å²) in [5.41, 5.74) is 2.04. The molecule has 14 heavy (non-hydrogen) atoms. The normalized spacial score (nSPS) is 9.00. The molecule has 0 N–H and O–H groups in total. The topological polar surface area (TPSA) is 38.7 Å². The summed E-state index contributed by atoms with van der Waals surface area (Å²) in [6.45, 7) is 1.88. The van der Waals surface area contributed by atoms with Crippen LogP contribution >= 0.6 is 12.2 Å². The molecule has 0 saturated heterocycles. The van der Waals surface area contributed by atoms with Crippen molar-refractivity contribution in [2.45, 2.75) is 6.92 Å². The van der Waals surface area contributed by atoms with Crippen LogP contribution in [0.3, 0.4) is 0 Å². The molecule has 0 spiro atoms. The molecule has 0 heterocycles. The van der Waals surface area contributed by atoms with Crippen LogP contribution < -0.4 is 0 Å². The van der Waals surface area contributed by atoms with Crippen molar-refractivity contribution in [1.82, 2.24) is 0 Å². The number of nitrogens with zero attached hydrogens (tertiary/aromatic N) is 1. The van der Waals surface area contributed by atoms with Gasteiger partial charge in [0.15, 0.2) is 0 Å². The van der Waals surface area contributed by atoms with Gasteiger partial charge in [0.25, 0.3) is 0 Å². The minimum Gasteiger partial charge on any atom is -0.465 e. The van der Waals surface area contributed by atoms with E-state index in [-0.39, 0.29) is 5.97 Å². The first-order valence-corrected chi connectivity index (χ1v) is 4.36. The van der Waals surface area contributed by atoms with E-state index in [1.807, 2.05) is 6.92 Å². The van der Waals surface area contributed by atoms with E-state index in [4.69, 9.17) is 0 Å². The highest BCUT2D eigenvalue weighted by molar-refractivity contribution is 7.78. The lowest BCUT2D eigenvalue weighted by Gasteiger charge is -2.02. The van der Waals surface area contributed by atoms with Crippen LogP contribution in [-0.2, 0) is 4.74 Å². The number of carbonyl (C=O) groups is 1. The third kappa shape index (κ3) is 2.25. The molecule has 0 amide bonds. The van der Waals surface area contributed by atoms with Crippen molar-refractivity contribution >= 4 is 29.0 Å². The molecule has 0 fully saturated rings. The number of carbonyl (C=O) groups excluding carboxylic acids is 1. The monoisotopic (exact) mass is 207 g/mol. The molecule has 3 nitrogen and oxygen atoms in total. The largest absolute Gasteiger partial charge is 0.465 e. The highest BCUT2D eigenvalue weighted by atomic mass is 32.1. The number of aliphatic imine (C=N–C) groups is 1. The summed E-state index contributed by atoms with van der Waals surface area (Å²) in [5.74, 6) is -0.384. The quantitative estimate of drug-likeness (QED) is 0.425. The Labute approximate surface area is 87.4 Å². The molecule has 0 aliphatic rings.